The van der Waals surface area contributed by atoms with Crippen LogP contribution in [0.3, 0.4) is 0 Å². The number of hydrogen-bond donors (Lipinski definition) is 2. The van der Waals surface area contributed by atoms with Gasteiger partial charge in [0.25, 0.3) is 5.92 Å². The third kappa shape index (κ3) is 4.07. The number of aromatic nitrogens is 2. The number of rotatable bonds is 5. The molecule has 3 rings (SSSR count). The number of carbonyl (C=O) groups is 1. The van der Waals surface area contributed by atoms with Crippen LogP contribution in [0, 0.1) is 0 Å². The minimum atomic E-state index is -2.83. The second-order valence-electron chi connectivity index (χ2n) is 5.55. The molecule has 1 aliphatic heterocycles. The fourth-order valence-electron chi connectivity index (χ4n) is 2.39. The summed E-state index contributed by atoms with van der Waals surface area (Å²) in [5.41, 5.74) is 0.760. The van der Waals surface area contributed by atoms with Gasteiger partial charge in [-0.2, -0.15) is 4.98 Å². The Hall–Kier alpha value is -2.06. The fourth-order valence-corrected chi connectivity index (χ4v) is 2.52. The van der Waals surface area contributed by atoms with Crippen molar-refractivity contribution in [3.63, 3.8) is 0 Å². The monoisotopic (exact) mass is 356 g/mol. The van der Waals surface area contributed by atoms with Crippen molar-refractivity contribution in [1.29, 1.82) is 0 Å². The Morgan fingerprint density at radius 1 is 1.42 bits per heavy atom. The molecule has 1 saturated heterocycles. The van der Waals surface area contributed by atoms with Gasteiger partial charge in [0.05, 0.1) is 12.6 Å². The van der Waals surface area contributed by atoms with Gasteiger partial charge in [-0.05, 0) is 24.3 Å². The van der Waals surface area contributed by atoms with Crippen molar-refractivity contribution >= 4 is 17.5 Å². The van der Waals surface area contributed by atoms with E-state index in [2.05, 4.69) is 20.8 Å². The molecule has 0 saturated carbocycles. The van der Waals surface area contributed by atoms with Crippen LogP contribution in [0.4, 0.5) is 8.78 Å². The van der Waals surface area contributed by atoms with Gasteiger partial charge in [-0.3, -0.25) is 10.1 Å². The number of halogens is 3. The van der Waals surface area contributed by atoms with Gasteiger partial charge in [0.15, 0.2) is 0 Å². The van der Waals surface area contributed by atoms with Crippen LogP contribution in [0.5, 0.6) is 0 Å². The second-order valence-corrected chi connectivity index (χ2v) is 5.99. The Labute approximate surface area is 141 Å². The van der Waals surface area contributed by atoms with Gasteiger partial charge in [0, 0.05) is 30.0 Å². The van der Waals surface area contributed by atoms with E-state index in [1.54, 1.807) is 24.3 Å². The van der Waals surface area contributed by atoms with Crippen LogP contribution in [0.2, 0.25) is 5.02 Å². The quantitative estimate of drug-likeness (QED) is 0.857. The summed E-state index contributed by atoms with van der Waals surface area (Å²) in [5, 5.41) is 9.55. The number of nitrogens with zero attached hydrogens (tertiary/aromatic N) is 2. The zero-order valence-corrected chi connectivity index (χ0v) is 13.3. The van der Waals surface area contributed by atoms with E-state index in [1.165, 1.54) is 0 Å². The first-order valence-corrected chi connectivity index (χ1v) is 7.78. The number of hydrogen-bond acceptors (Lipinski definition) is 5. The average Bonchev–Trinajstić information content (AvgIpc) is 3.14. The lowest BCUT2D eigenvalue weighted by atomic mass is 10.2. The molecule has 1 aliphatic rings. The lowest BCUT2D eigenvalue weighted by Crippen LogP contribution is -2.41. The van der Waals surface area contributed by atoms with E-state index in [0.29, 0.717) is 23.2 Å². The third-order valence-corrected chi connectivity index (χ3v) is 3.89. The average molecular weight is 357 g/mol. The maximum Gasteiger partial charge on any atom is 0.262 e. The summed E-state index contributed by atoms with van der Waals surface area (Å²) >= 11 is 5.82. The molecule has 1 unspecified atom stereocenters. The summed E-state index contributed by atoms with van der Waals surface area (Å²) < 4.78 is 31.2. The molecule has 1 fully saturated rings. The van der Waals surface area contributed by atoms with Gasteiger partial charge in [0.1, 0.15) is 0 Å². The Bertz CT molecular complexity index is 721. The molecule has 128 valence electrons. The summed E-state index contributed by atoms with van der Waals surface area (Å²) in [4.78, 5) is 16.0. The molecule has 0 bridgehead atoms. The molecule has 24 heavy (non-hydrogen) atoms. The van der Waals surface area contributed by atoms with E-state index in [0.717, 1.165) is 5.56 Å². The smallest absolute Gasteiger partial charge is 0.262 e. The molecule has 1 aromatic heterocycles. The van der Waals surface area contributed by atoms with Gasteiger partial charge < -0.3 is 9.84 Å². The summed E-state index contributed by atoms with van der Waals surface area (Å²) in [7, 11) is 0. The van der Waals surface area contributed by atoms with Crippen molar-refractivity contribution in [2.75, 3.05) is 13.1 Å². The van der Waals surface area contributed by atoms with Gasteiger partial charge in [-0.1, -0.05) is 16.8 Å². The zero-order chi connectivity index (χ0) is 17.2. The van der Waals surface area contributed by atoms with E-state index < -0.39 is 30.8 Å². The SMILES string of the molecule is O=C(NCCc1nc(-c2ccc(Cl)cc2)no1)C1CC(F)(F)CN1. The largest absolute Gasteiger partial charge is 0.354 e. The summed E-state index contributed by atoms with van der Waals surface area (Å²) in [6.07, 6.45) is -0.171. The highest BCUT2D eigenvalue weighted by atomic mass is 35.5. The lowest BCUT2D eigenvalue weighted by Gasteiger charge is -2.10. The zero-order valence-electron chi connectivity index (χ0n) is 12.6. The minimum absolute atomic E-state index is 0.227. The Morgan fingerprint density at radius 2 is 2.17 bits per heavy atom. The molecule has 0 radical (unpaired) electrons. The van der Waals surface area contributed by atoms with Crippen LogP contribution in [0.25, 0.3) is 11.4 Å². The van der Waals surface area contributed by atoms with Gasteiger partial charge in [-0.15, -0.1) is 0 Å². The van der Waals surface area contributed by atoms with Crippen LogP contribution < -0.4 is 10.6 Å². The Kier molecular flexibility index (Phi) is 4.77. The molecule has 0 aliphatic carbocycles. The van der Waals surface area contributed by atoms with Crippen LogP contribution in [-0.4, -0.2) is 41.1 Å². The third-order valence-electron chi connectivity index (χ3n) is 3.63. The summed E-state index contributed by atoms with van der Waals surface area (Å²) in [6.45, 7) is -0.246. The van der Waals surface area contributed by atoms with Crippen LogP contribution in [0.1, 0.15) is 12.3 Å². The number of benzene rings is 1. The van der Waals surface area contributed by atoms with Gasteiger partial charge >= 0.3 is 0 Å². The first-order chi connectivity index (χ1) is 11.4. The van der Waals surface area contributed by atoms with Crippen LogP contribution >= 0.6 is 11.6 Å². The maximum absolute atomic E-state index is 13.0. The normalized spacial score (nSPS) is 19.4. The highest BCUT2D eigenvalue weighted by Crippen LogP contribution is 2.25. The van der Waals surface area contributed by atoms with Crippen molar-refractivity contribution < 1.29 is 18.1 Å². The second kappa shape index (κ2) is 6.82. The molecule has 2 heterocycles. The Morgan fingerprint density at radius 3 is 2.83 bits per heavy atom. The number of nitrogens with one attached hydrogen (secondary N) is 2. The van der Waals surface area contributed by atoms with Gasteiger partial charge in [-0.25, -0.2) is 8.78 Å². The lowest BCUT2D eigenvalue weighted by molar-refractivity contribution is -0.123. The number of alkyl halides is 2. The molecule has 0 spiro atoms. The predicted molar refractivity (Wildman–Crippen MR) is 82.8 cm³/mol. The molecule has 6 nitrogen and oxygen atoms in total. The number of carbonyl (C=O) groups excluding carboxylic acids is 1. The van der Waals surface area contributed by atoms with E-state index in [9.17, 15) is 13.6 Å². The Balaban J connectivity index is 1.49. The van der Waals surface area contributed by atoms with Crippen molar-refractivity contribution in [1.82, 2.24) is 20.8 Å². The van der Waals surface area contributed by atoms with E-state index in [-0.39, 0.29) is 6.54 Å². The fraction of sp³-hybridized carbons (Fsp3) is 0.400. The highest BCUT2D eigenvalue weighted by Gasteiger charge is 2.42. The molecule has 9 heteroatoms. The van der Waals surface area contributed by atoms with Crippen molar-refractivity contribution in [3.05, 3.63) is 35.2 Å². The van der Waals surface area contributed by atoms with E-state index in [4.69, 9.17) is 16.1 Å². The van der Waals surface area contributed by atoms with E-state index >= 15 is 0 Å². The molecule has 1 atom stereocenters. The standard InChI is InChI=1S/C15H15ClF2N4O2/c16-10-3-1-9(2-4-10)13-21-12(24-22-13)5-6-19-14(23)11-7-15(17,18)8-20-11/h1-4,11,20H,5-8H2,(H,19,23). The molecule has 2 aromatic rings. The van der Waals surface area contributed by atoms with Crippen molar-refractivity contribution in [2.45, 2.75) is 24.8 Å². The molecule has 1 aromatic carbocycles. The highest BCUT2D eigenvalue weighted by molar-refractivity contribution is 6.30. The topological polar surface area (TPSA) is 80.1 Å². The molecule has 2 N–H and O–H groups in total. The first-order valence-electron chi connectivity index (χ1n) is 7.40. The summed E-state index contributed by atoms with van der Waals surface area (Å²) in [5.74, 6) is -2.51. The first kappa shape index (κ1) is 16.8. The maximum atomic E-state index is 13.0. The molecular formula is C15H15ClF2N4O2. The molecular weight excluding hydrogens is 342 g/mol. The summed E-state index contributed by atoms with van der Waals surface area (Å²) in [6, 6.07) is 6.11. The molecule has 1 amide bonds. The van der Waals surface area contributed by atoms with E-state index in [1.807, 2.05) is 0 Å². The van der Waals surface area contributed by atoms with Crippen molar-refractivity contribution in [2.24, 2.45) is 0 Å². The number of amides is 1. The minimum Gasteiger partial charge on any atom is -0.354 e. The van der Waals surface area contributed by atoms with Crippen molar-refractivity contribution in [3.8, 4) is 11.4 Å². The van der Waals surface area contributed by atoms with Gasteiger partial charge in [0.2, 0.25) is 17.6 Å². The van der Waals surface area contributed by atoms with Crippen LogP contribution in [0.15, 0.2) is 28.8 Å². The predicted octanol–water partition coefficient (Wildman–Crippen LogP) is 2.05. The van der Waals surface area contributed by atoms with Crippen LogP contribution in [-0.2, 0) is 11.2 Å².